The van der Waals surface area contributed by atoms with Gasteiger partial charge in [0.1, 0.15) is 11.4 Å². The molecule has 1 aromatic rings. The minimum absolute atomic E-state index is 0.307. The van der Waals surface area contributed by atoms with Crippen LogP contribution in [0, 0.1) is 0 Å². The molecule has 84 valence electrons. The van der Waals surface area contributed by atoms with Crippen molar-refractivity contribution >= 4 is 11.9 Å². The molecule has 0 bridgehead atoms. The highest BCUT2D eigenvalue weighted by Gasteiger charge is 2.17. The third-order valence-electron chi connectivity index (χ3n) is 1.56. The molecule has 1 amide bonds. The molecule has 1 heterocycles. The van der Waals surface area contributed by atoms with E-state index in [4.69, 9.17) is 10.5 Å². The van der Waals surface area contributed by atoms with Gasteiger partial charge in [0.05, 0.1) is 6.20 Å². The minimum Gasteiger partial charge on any atom is -0.444 e. The Bertz CT molecular complexity index is 340. The zero-order chi connectivity index (χ0) is 11.5. The molecule has 6 nitrogen and oxygen atoms in total. The number of hydrogen-bond acceptors (Lipinski definition) is 4. The van der Waals surface area contributed by atoms with Crippen LogP contribution in [0.4, 0.5) is 10.6 Å². The quantitative estimate of drug-likeness (QED) is 0.687. The summed E-state index contributed by atoms with van der Waals surface area (Å²) < 4.78 is 5.07. The van der Waals surface area contributed by atoms with E-state index < -0.39 is 11.7 Å². The lowest BCUT2D eigenvalue weighted by atomic mass is 10.2. The summed E-state index contributed by atoms with van der Waals surface area (Å²) >= 11 is 0. The van der Waals surface area contributed by atoms with Crippen LogP contribution in [0.25, 0.3) is 0 Å². The van der Waals surface area contributed by atoms with Gasteiger partial charge in [-0.3, -0.25) is 10.4 Å². The van der Waals surface area contributed by atoms with Crippen LogP contribution in [-0.2, 0) is 11.3 Å². The molecule has 0 radical (unpaired) electrons. The Morgan fingerprint density at radius 1 is 1.67 bits per heavy atom. The highest BCUT2D eigenvalue weighted by Crippen LogP contribution is 2.12. The molecule has 0 aliphatic carbocycles. The van der Waals surface area contributed by atoms with Gasteiger partial charge < -0.3 is 10.5 Å². The van der Waals surface area contributed by atoms with Crippen molar-refractivity contribution in [3.8, 4) is 0 Å². The fraction of sp³-hybridized carbons (Fsp3) is 0.556. The fourth-order valence-corrected chi connectivity index (χ4v) is 0.980. The third-order valence-corrected chi connectivity index (χ3v) is 1.56. The first kappa shape index (κ1) is 11.5. The Hall–Kier alpha value is -1.56. The number of ether oxygens (including phenoxy) is 1. The number of anilines is 1. The predicted molar refractivity (Wildman–Crippen MR) is 56.3 cm³/mol. The smallest absolute Gasteiger partial charge is 0.413 e. The zero-order valence-corrected chi connectivity index (χ0v) is 9.13. The molecule has 1 rings (SSSR count). The van der Waals surface area contributed by atoms with Crippen molar-refractivity contribution in [1.29, 1.82) is 0 Å². The fourth-order valence-electron chi connectivity index (χ4n) is 0.980. The molecular formula is C9H16N4O2. The molecule has 15 heavy (non-hydrogen) atoms. The summed E-state index contributed by atoms with van der Waals surface area (Å²) in [7, 11) is 0. The van der Waals surface area contributed by atoms with E-state index in [-0.39, 0.29) is 0 Å². The van der Waals surface area contributed by atoms with Crippen molar-refractivity contribution in [1.82, 2.24) is 10.2 Å². The van der Waals surface area contributed by atoms with Crippen LogP contribution in [0.15, 0.2) is 6.20 Å². The summed E-state index contributed by atoms with van der Waals surface area (Å²) in [5.74, 6) is 0.478. The maximum Gasteiger partial charge on any atom is 0.413 e. The van der Waals surface area contributed by atoms with Crippen LogP contribution >= 0.6 is 0 Å². The summed E-state index contributed by atoms with van der Waals surface area (Å²) in [6, 6.07) is 0. The summed E-state index contributed by atoms with van der Waals surface area (Å²) in [6.07, 6.45) is 1.04. The number of amides is 1. The van der Waals surface area contributed by atoms with Crippen molar-refractivity contribution in [3.63, 3.8) is 0 Å². The molecule has 0 atom stereocenters. The maximum absolute atomic E-state index is 11.4. The SMILES string of the molecule is CC(C)(C)OC(=O)Nc1[nH]ncc1CN. The van der Waals surface area contributed by atoms with Crippen molar-refractivity contribution < 1.29 is 9.53 Å². The van der Waals surface area contributed by atoms with E-state index in [0.717, 1.165) is 5.56 Å². The van der Waals surface area contributed by atoms with Gasteiger partial charge in [-0.25, -0.2) is 4.79 Å². The van der Waals surface area contributed by atoms with Crippen molar-refractivity contribution in [2.75, 3.05) is 5.32 Å². The molecule has 0 unspecified atom stereocenters. The molecule has 0 aliphatic heterocycles. The zero-order valence-electron chi connectivity index (χ0n) is 9.13. The lowest BCUT2D eigenvalue weighted by Crippen LogP contribution is -2.27. The van der Waals surface area contributed by atoms with Crippen LogP contribution in [0.2, 0.25) is 0 Å². The van der Waals surface area contributed by atoms with Crippen LogP contribution in [0.1, 0.15) is 26.3 Å². The number of nitrogens with one attached hydrogen (secondary N) is 2. The van der Waals surface area contributed by atoms with E-state index in [2.05, 4.69) is 15.5 Å². The summed E-state index contributed by atoms with van der Waals surface area (Å²) in [4.78, 5) is 11.4. The molecule has 4 N–H and O–H groups in total. The Kier molecular flexibility index (Phi) is 3.31. The summed E-state index contributed by atoms with van der Waals surface area (Å²) in [5.41, 5.74) is 5.66. The van der Waals surface area contributed by atoms with Crippen LogP contribution in [-0.4, -0.2) is 21.9 Å². The Labute approximate surface area is 88.2 Å². The van der Waals surface area contributed by atoms with Crippen LogP contribution in [0.3, 0.4) is 0 Å². The van der Waals surface area contributed by atoms with E-state index in [1.54, 1.807) is 27.0 Å². The van der Waals surface area contributed by atoms with E-state index in [1.807, 2.05) is 0 Å². The van der Waals surface area contributed by atoms with Crippen molar-refractivity contribution in [2.24, 2.45) is 5.73 Å². The highest BCUT2D eigenvalue weighted by molar-refractivity contribution is 5.84. The minimum atomic E-state index is -0.526. The van der Waals surface area contributed by atoms with Gasteiger partial charge in [0.2, 0.25) is 0 Å². The van der Waals surface area contributed by atoms with Gasteiger partial charge in [-0.1, -0.05) is 0 Å². The van der Waals surface area contributed by atoms with E-state index in [0.29, 0.717) is 12.4 Å². The Morgan fingerprint density at radius 3 is 2.87 bits per heavy atom. The molecule has 6 heteroatoms. The first-order chi connectivity index (χ1) is 6.92. The van der Waals surface area contributed by atoms with Gasteiger partial charge in [-0.05, 0) is 20.8 Å². The second-order valence-electron chi connectivity index (χ2n) is 4.10. The standard InChI is InChI=1S/C9H16N4O2/c1-9(2,3)15-8(14)12-7-6(4-10)5-11-13-7/h5H,4,10H2,1-3H3,(H2,11,12,13,14). The van der Waals surface area contributed by atoms with Gasteiger partial charge in [-0.2, -0.15) is 5.10 Å². The molecule has 0 fully saturated rings. The number of H-pyrrole nitrogens is 1. The maximum atomic E-state index is 11.4. The lowest BCUT2D eigenvalue weighted by Gasteiger charge is -2.19. The van der Waals surface area contributed by atoms with Crippen molar-refractivity contribution in [3.05, 3.63) is 11.8 Å². The highest BCUT2D eigenvalue weighted by atomic mass is 16.6. The normalized spacial score (nSPS) is 11.2. The first-order valence-electron chi connectivity index (χ1n) is 4.64. The average Bonchev–Trinajstić information content (AvgIpc) is 2.48. The second-order valence-corrected chi connectivity index (χ2v) is 4.10. The number of carbonyl (C=O) groups excluding carboxylic acids is 1. The third kappa shape index (κ3) is 3.59. The largest absolute Gasteiger partial charge is 0.444 e. The molecule has 0 aromatic carbocycles. The van der Waals surface area contributed by atoms with Gasteiger partial charge >= 0.3 is 6.09 Å². The molecule has 0 aliphatic rings. The topological polar surface area (TPSA) is 93.0 Å². The van der Waals surface area contributed by atoms with Gasteiger partial charge in [0.15, 0.2) is 0 Å². The number of aromatic nitrogens is 2. The summed E-state index contributed by atoms with van der Waals surface area (Å²) in [6.45, 7) is 5.69. The summed E-state index contributed by atoms with van der Waals surface area (Å²) in [5, 5.41) is 8.94. The van der Waals surface area contributed by atoms with E-state index in [9.17, 15) is 4.79 Å². The van der Waals surface area contributed by atoms with Crippen molar-refractivity contribution in [2.45, 2.75) is 32.9 Å². The number of nitrogens with zero attached hydrogens (tertiary/aromatic N) is 1. The molecule has 0 saturated heterocycles. The molecular weight excluding hydrogens is 196 g/mol. The van der Waals surface area contributed by atoms with Crippen LogP contribution < -0.4 is 11.1 Å². The molecule has 0 saturated carbocycles. The van der Waals surface area contributed by atoms with E-state index >= 15 is 0 Å². The predicted octanol–water partition coefficient (Wildman–Crippen LogP) is 1.22. The van der Waals surface area contributed by atoms with Gasteiger partial charge in [0.25, 0.3) is 0 Å². The van der Waals surface area contributed by atoms with E-state index in [1.165, 1.54) is 0 Å². The molecule has 0 spiro atoms. The number of rotatable bonds is 2. The number of carbonyl (C=O) groups is 1. The Balaban J connectivity index is 2.59. The average molecular weight is 212 g/mol. The first-order valence-corrected chi connectivity index (χ1v) is 4.64. The lowest BCUT2D eigenvalue weighted by molar-refractivity contribution is 0.0635. The van der Waals surface area contributed by atoms with Gasteiger partial charge in [0, 0.05) is 12.1 Å². The second kappa shape index (κ2) is 4.31. The van der Waals surface area contributed by atoms with Gasteiger partial charge in [-0.15, -0.1) is 0 Å². The monoisotopic (exact) mass is 212 g/mol. The Morgan fingerprint density at radius 2 is 2.33 bits per heavy atom. The number of hydrogen-bond donors (Lipinski definition) is 3. The molecule has 1 aromatic heterocycles. The number of aromatic amines is 1. The van der Waals surface area contributed by atoms with Crippen LogP contribution in [0.5, 0.6) is 0 Å². The number of nitrogens with two attached hydrogens (primary N) is 1.